The molecule has 0 radical (unpaired) electrons. The van der Waals surface area contributed by atoms with E-state index < -0.39 is 28.1 Å². The number of aryl methyl sites for hydroxylation is 1. The Hall–Kier alpha value is -2.50. The Morgan fingerprint density at radius 3 is 2.59 bits per heavy atom. The second-order valence-corrected chi connectivity index (χ2v) is 9.58. The smallest absolute Gasteiger partial charge is 0.347 e. The van der Waals surface area contributed by atoms with E-state index in [1.165, 1.54) is 11.1 Å². The highest BCUT2D eigenvalue weighted by atomic mass is 32.2. The van der Waals surface area contributed by atoms with Crippen LogP contribution in [0.15, 0.2) is 30.5 Å². The summed E-state index contributed by atoms with van der Waals surface area (Å²) in [4.78, 5) is 29.2. The number of carbonyl (C=O) groups is 2. The van der Waals surface area contributed by atoms with Crippen molar-refractivity contribution in [1.82, 2.24) is 9.29 Å². The van der Waals surface area contributed by atoms with E-state index in [0.29, 0.717) is 10.7 Å². The van der Waals surface area contributed by atoms with Crippen LogP contribution in [-0.2, 0) is 27.8 Å². The number of carbonyl (C=O) groups excluding carboxylic acids is 1. The number of rotatable bonds is 8. The maximum atomic E-state index is 12.8. The van der Waals surface area contributed by atoms with Crippen LogP contribution in [0, 0.1) is 0 Å². The number of hydrogen-bond acceptors (Lipinski definition) is 7. The van der Waals surface area contributed by atoms with Gasteiger partial charge in [-0.05, 0) is 24.1 Å². The van der Waals surface area contributed by atoms with E-state index in [1.54, 1.807) is 12.1 Å². The molecule has 2 heterocycles. The first-order valence-electron chi connectivity index (χ1n) is 8.86. The zero-order valence-corrected chi connectivity index (χ0v) is 17.6. The lowest BCUT2D eigenvalue weighted by Crippen LogP contribution is -2.38. The van der Waals surface area contributed by atoms with Crippen LogP contribution in [0.1, 0.15) is 27.2 Å². The summed E-state index contributed by atoms with van der Waals surface area (Å²) in [5, 5.41) is 9.44. The van der Waals surface area contributed by atoms with Crippen LogP contribution < -0.4 is 4.90 Å². The molecule has 1 N–H and O–H groups in total. The minimum Gasteiger partial charge on any atom is -0.477 e. The zero-order chi connectivity index (χ0) is 21.2. The summed E-state index contributed by atoms with van der Waals surface area (Å²) < 4.78 is 30.5. The number of carboxylic acid groups (broad SMARTS) is 1. The number of aromatic carboxylic acids is 1. The molecular formula is C18H21N3O6S2. The zero-order valence-electron chi connectivity index (χ0n) is 15.9. The number of amides is 2. The predicted octanol–water partition coefficient (Wildman–Crippen LogP) is 2.19. The summed E-state index contributed by atoms with van der Waals surface area (Å²) in [5.74, 6) is -1.05. The molecule has 156 valence electrons. The van der Waals surface area contributed by atoms with E-state index in [4.69, 9.17) is 9.84 Å². The Balaban J connectivity index is 1.75. The van der Waals surface area contributed by atoms with Crippen molar-refractivity contribution in [2.24, 2.45) is 0 Å². The van der Waals surface area contributed by atoms with Crippen molar-refractivity contribution in [1.29, 1.82) is 0 Å². The Bertz CT molecular complexity index is 1000. The van der Waals surface area contributed by atoms with Gasteiger partial charge in [0.1, 0.15) is 9.88 Å². The number of thiazole rings is 1. The molecule has 11 heteroatoms. The first-order valence-corrected chi connectivity index (χ1v) is 11.5. The van der Waals surface area contributed by atoms with Crippen molar-refractivity contribution in [3.63, 3.8) is 0 Å². The van der Waals surface area contributed by atoms with E-state index in [1.807, 2.05) is 19.1 Å². The molecule has 0 aliphatic carbocycles. The maximum Gasteiger partial charge on any atom is 0.347 e. The Labute approximate surface area is 172 Å². The van der Waals surface area contributed by atoms with E-state index in [0.717, 1.165) is 33.9 Å². The molecule has 1 aliphatic rings. The SMILES string of the molecule is CCc1ccc(N2C(=O)N(S(C)(=O)=O)C[C@@H]2COCc2ncc(C(=O)O)s2)cc1. The van der Waals surface area contributed by atoms with Gasteiger partial charge in [-0.1, -0.05) is 19.1 Å². The van der Waals surface area contributed by atoms with Gasteiger partial charge in [0.15, 0.2) is 0 Å². The average molecular weight is 440 g/mol. The van der Waals surface area contributed by atoms with E-state index >= 15 is 0 Å². The standard InChI is InChI=1S/C18H21N3O6S2/c1-3-12-4-6-13(7-5-12)21-14(9-20(18(21)24)29(2,25)26)10-27-11-16-19-8-15(28-16)17(22)23/h4-8,14H,3,9-11H2,1-2H3,(H,22,23)/t14-/m1/s1. The van der Waals surface area contributed by atoms with Crippen LogP contribution in [0.25, 0.3) is 0 Å². The van der Waals surface area contributed by atoms with Crippen LogP contribution >= 0.6 is 11.3 Å². The third kappa shape index (κ3) is 4.74. The van der Waals surface area contributed by atoms with Gasteiger partial charge in [0.25, 0.3) is 0 Å². The number of aromatic nitrogens is 1. The van der Waals surface area contributed by atoms with Crippen LogP contribution in [0.5, 0.6) is 0 Å². The summed E-state index contributed by atoms with van der Waals surface area (Å²) in [6.45, 7) is 2.15. The topological polar surface area (TPSA) is 117 Å². The molecule has 0 spiro atoms. The quantitative estimate of drug-likeness (QED) is 0.670. The number of ether oxygens (including phenoxy) is 1. The van der Waals surface area contributed by atoms with Gasteiger partial charge in [-0.15, -0.1) is 11.3 Å². The Morgan fingerprint density at radius 1 is 1.34 bits per heavy atom. The van der Waals surface area contributed by atoms with Gasteiger partial charge < -0.3 is 9.84 Å². The molecule has 3 rings (SSSR count). The van der Waals surface area contributed by atoms with Gasteiger partial charge in [0.2, 0.25) is 10.0 Å². The molecule has 1 saturated heterocycles. The molecule has 1 fully saturated rings. The fourth-order valence-corrected chi connectivity index (χ4v) is 4.51. The van der Waals surface area contributed by atoms with Crippen molar-refractivity contribution in [2.45, 2.75) is 26.0 Å². The van der Waals surface area contributed by atoms with Crippen molar-refractivity contribution < 1.29 is 27.9 Å². The van der Waals surface area contributed by atoms with Crippen molar-refractivity contribution in [3.8, 4) is 0 Å². The highest BCUT2D eigenvalue weighted by Crippen LogP contribution is 2.27. The number of sulfonamides is 1. The third-order valence-electron chi connectivity index (χ3n) is 4.48. The van der Waals surface area contributed by atoms with Crippen LogP contribution in [0.3, 0.4) is 0 Å². The summed E-state index contributed by atoms with van der Waals surface area (Å²) in [6, 6.07) is 6.24. The fourth-order valence-electron chi connectivity index (χ4n) is 3.00. The van der Waals surface area contributed by atoms with Gasteiger partial charge in [-0.25, -0.2) is 27.3 Å². The monoisotopic (exact) mass is 439 g/mol. The lowest BCUT2D eigenvalue weighted by atomic mass is 10.1. The lowest BCUT2D eigenvalue weighted by Gasteiger charge is -2.23. The van der Waals surface area contributed by atoms with E-state index in [9.17, 15) is 18.0 Å². The first kappa shape index (κ1) is 21.2. The Morgan fingerprint density at radius 2 is 2.03 bits per heavy atom. The van der Waals surface area contributed by atoms with Gasteiger partial charge >= 0.3 is 12.0 Å². The molecule has 1 aromatic carbocycles. The molecule has 0 unspecified atom stereocenters. The van der Waals surface area contributed by atoms with Gasteiger partial charge in [0.05, 0.1) is 38.3 Å². The highest BCUT2D eigenvalue weighted by molar-refractivity contribution is 7.88. The number of nitrogens with zero attached hydrogens (tertiary/aromatic N) is 3. The minimum atomic E-state index is -3.71. The van der Waals surface area contributed by atoms with E-state index in [2.05, 4.69) is 4.98 Å². The predicted molar refractivity (Wildman–Crippen MR) is 108 cm³/mol. The maximum absolute atomic E-state index is 12.8. The largest absolute Gasteiger partial charge is 0.477 e. The molecule has 0 saturated carbocycles. The second-order valence-electron chi connectivity index (χ2n) is 6.56. The van der Waals surface area contributed by atoms with Gasteiger partial charge in [-0.3, -0.25) is 4.90 Å². The summed E-state index contributed by atoms with van der Waals surface area (Å²) in [7, 11) is -3.71. The van der Waals surface area contributed by atoms with Crippen LogP contribution in [-0.4, -0.2) is 60.3 Å². The lowest BCUT2D eigenvalue weighted by molar-refractivity contribution is 0.0702. The normalized spacial score (nSPS) is 17.2. The number of carboxylic acids is 1. The van der Waals surface area contributed by atoms with Gasteiger partial charge in [-0.2, -0.15) is 0 Å². The Kier molecular flexibility index (Phi) is 6.20. The minimum absolute atomic E-state index is 0.0224. The molecule has 1 atom stereocenters. The van der Waals surface area contributed by atoms with Crippen molar-refractivity contribution >= 4 is 39.0 Å². The van der Waals surface area contributed by atoms with Crippen LogP contribution in [0.4, 0.5) is 10.5 Å². The molecule has 29 heavy (non-hydrogen) atoms. The second kappa shape index (κ2) is 8.47. The number of hydrogen-bond donors (Lipinski definition) is 1. The molecule has 0 bridgehead atoms. The van der Waals surface area contributed by atoms with E-state index in [-0.39, 0.29) is 24.6 Å². The van der Waals surface area contributed by atoms with Crippen LogP contribution in [0.2, 0.25) is 0 Å². The van der Waals surface area contributed by atoms with Crippen molar-refractivity contribution in [2.75, 3.05) is 24.3 Å². The number of anilines is 1. The molecule has 2 aromatic rings. The highest BCUT2D eigenvalue weighted by Gasteiger charge is 2.42. The molecular weight excluding hydrogens is 418 g/mol. The molecule has 1 aliphatic heterocycles. The fraction of sp³-hybridized carbons (Fsp3) is 0.389. The summed E-state index contributed by atoms with van der Waals surface area (Å²) in [5.41, 5.74) is 1.69. The molecule has 9 nitrogen and oxygen atoms in total. The number of urea groups is 1. The molecule has 1 aromatic heterocycles. The molecule has 2 amide bonds. The first-order chi connectivity index (χ1) is 13.7. The van der Waals surface area contributed by atoms with Crippen molar-refractivity contribution in [3.05, 3.63) is 45.9 Å². The summed E-state index contributed by atoms with van der Waals surface area (Å²) in [6.07, 6.45) is 3.11. The summed E-state index contributed by atoms with van der Waals surface area (Å²) >= 11 is 1.01. The third-order valence-corrected chi connectivity index (χ3v) is 6.55. The average Bonchev–Trinajstić information content (AvgIpc) is 3.27. The van der Waals surface area contributed by atoms with Gasteiger partial charge in [0, 0.05) is 5.69 Å². The number of benzene rings is 1.